The summed E-state index contributed by atoms with van der Waals surface area (Å²) in [4.78, 5) is 30.4. The summed E-state index contributed by atoms with van der Waals surface area (Å²) in [5.74, 6) is 0.453. The lowest BCUT2D eigenvalue weighted by Gasteiger charge is -2.07. The molecule has 0 aliphatic heterocycles. The Bertz CT molecular complexity index is 1330. The fraction of sp³-hybridized carbons (Fsp3) is 0.250. The van der Waals surface area contributed by atoms with Gasteiger partial charge in [0.2, 0.25) is 5.91 Å². The number of nitrogens with one attached hydrogen (secondary N) is 2. The third-order valence-corrected chi connectivity index (χ3v) is 6.17. The first-order valence-corrected chi connectivity index (χ1v) is 10.6. The van der Waals surface area contributed by atoms with Gasteiger partial charge in [0.1, 0.15) is 4.83 Å². The minimum Gasteiger partial charge on any atom is -0.349 e. The molecule has 4 aromatic rings. The lowest BCUT2D eigenvalue weighted by Crippen LogP contribution is -2.28. The molecular weight excluding hydrogens is 420 g/mol. The Morgan fingerprint density at radius 2 is 2.07 bits per heavy atom. The third-order valence-electron chi connectivity index (χ3n) is 4.92. The van der Waals surface area contributed by atoms with Crippen molar-refractivity contribution in [3.63, 3.8) is 0 Å². The molecule has 4 rings (SSSR count). The smallest absolute Gasteiger partial charge is 0.262 e. The number of aromatic nitrogens is 5. The molecule has 0 aliphatic carbocycles. The van der Waals surface area contributed by atoms with Crippen molar-refractivity contribution in [3.05, 3.63) is 62.5 Å². The molecule has 154 valence electrons. The van der Waals surface area contributed by atoms with E-state index in [-0.39, 0.29) is 31.0 Å². The highest BCUT2D eigenvalue weighted by Crippen LogP contribution is 2.30. The first-order valence-electron chi connectivity index (χ1n) is 9.34. The van der Waals surface area contributed by atoms with Gasteiger partial charge in [0.05, 0.1) is 18.3 Å². The average Bonchev–Trinajstić information content (AvgIpc) is 3.31. The molecule has 0 saturated carbocycles. The van der Waals surface area contributed by atoms with E-state index in [2.05, 4.69) is 20.5 Å². The van der Waals surface area contributed by atoms with Crippen LogP contribution in [-0.4, -0.2) is 30.2 Å². The second-order valence-corrected chi connectivity index (χ2v) is 8.21. The quantitative estimate of drug-likeness (QED) is 0.449. The molecule has 8 nitrogen and oxygen atoms in total. The number of aryl methyl sites for hydroxylation is 2. The van der Waals surface area contributed by atoms with Gasteiger partial charge in [-0.1, -0.05) is 29.8 Å². The fourth-order valence-electron chi connectivity index (χ4n) is 3.10. The molecule has 0 unspecified atom stereocenters. The first kappa shape index (κ1) is 20.2. The number of H-pyrrole nitrogens is 1. The van der Waals surface area contributed by atoms with E-state index in [0.717, 1.165) is 16.7 Å². The first-order chi connectivity index (χ1) is 14.4. The topological polar surface area (TPSA) is 97.6 Å². The molecule has 0 radical (unpaired) electrons. The number of rotatable bonds is 6. The van der Waals surface area contributed by atoms with Crippen LogP contribution in [0.2, 0.25) is 0 Å². The van der Waals surface area contributed by atoms with Crippen molar-refractivity contribution < 1.29 is 4.79 Å². The summed E-state index contributed by atoms with van der Waals surface area (Å²) < 4.78 is 3.67. The largest absolute Gasteiger partial charge is 0.349 e. The van der Waals surface area contributed by atoms with Crippen LogP contribution in [0, 0.1) is 11.7 Å². The molecule has 10 heteroatoms. The van der Waals surface area contributed by atoms with Crippen LogP contribution in [0.15, 0.2) is 40.8 Å². The Morgan fingerprint density at radius 1 is 1.30 bits per heavy atom. The Labute approximate surface area is 181 Å². The lowest BCUT2D eigenvalue weighted by atomic mass is 10.1. The minimum absolute atomic E-state index is 0.140. The Balaban J connectivity index is 1.50. The molecule has 0 bridgehead atoms. The summed E-state index contributed by atoms with van der Waals surface area (Å²) >= 11 is 6.50. The van der Waals surface area contributed by atoms with Gasteiger partial charge in [0.25, 0.3) is 5.56 Å². The molecule has 0 atom stereocenters. The highest BCUT2D eigenvalue weighted by Gasteiger charge is 2.14. The van der Waals surface area contributed by atoms with Crippen LogP contribution in [0.1, 0.15) is 17.8 Å². The third kappa shape index (κ3) is 3.96. The summed E-state index contributed by atoms with van der Waals surface area (Å²) in [6.45, 7) is 2.53. The van der Waals surface area contributed by atoms with Crippen molar-refractivity contribution in [1.29, 1.82) is 0 Å². The van der Waals surface area contributed by atoms with Crippen LogP contribution in [0.25, 0.3) is 21.3 Å². The van der Waals surface area contributed by atoms with E-state index < -0.39 is 0 Å². The molecule has 0 fully saturated rings. The molecule has 0 spiro atoms. The second-order valence-electron chi connectivity index (χ2n) is 6.97. The molecular formula is C20H20N6O2S2. The maximum atomic E-state index is 13.1. The molecule has 1 amide bonds. The van der Waals surface area contributed by atoms with E-state index >= 15 is 0 Å². The number of hydrogen-bond donors (Lipinski definition) is 2. The molecule has 0 aliphatic rings. The molecule has 3 aromatic heterocycles. The average molecular weight is 441 g/mol. The van der Waals surface area contributed by atoms with Crippen molar-refractivity contribution >= 4 is 39.7 Å². The van der Waals surface area contributed by atoms with Crippen LogP contribution in [-0.2, 0) is 24.9 Å². The number of amides is 1. The predicted molar refractivity (Wildman–Crippen MR) is 119 cm³/mol. The number of fused-ring (bicyclic) bond motifs is 1. The predicted octanol–water partition coefficient (Wildman–Crippen LogP) is 2.93. The summed E-state index contributed by atoms with van der Waals surface area (Å²) in [5.41, 5.74) is 2.87. The van der Waals surface area contributed by atoms with Gasteiger partial charge in [-0.25, -0.2) is 4.98 Å². The molecule has 1 aromatic carbocycles. The zero-order chi connectivity index (χ0) is 21.3. The summed E-state index contributed by atoms with van der Waals surface area (Å²) in [7, 11) is 1.78. The van der Waals surface area contributed by atoms with Gasteiger partial charge in [0.15, 0.2) is 10.6 Å². The Kier molecular flexibility index (Phi) is 5.60. The standard InChI is InChI=1S/C20H20N6O2S2/c1-12-3-5-13(6-4-12)14-10-30-18-17(14)19(28)26(11-22-18)8-7-16(27)21-9-15-23-24-20(29)25(15)2/h3-6,10-11H,7-9H2,1-2H3,(H,21,27)(H,24,29). The van der Waals surface area contributed by atoms with Crippen molar-refractivity contribution in [3.8, 4) is 11.1 Å². The van der Waals surface area contributed by atoms with Gasteiger partial charge in [0, 0.05) is 31.0 Å². The fourth-order valence-corrected chi connectivity index (χ4v) is 4.16. The van der Waals surface area contributed by atoms with Crippen LogP contribution >= 0.6 is 23.6 Å². The second kappa shape index (κ2) is 8.33. The van der Waals surface area contributed by atoms with E-state index in [0.29, 0.717) is 20.8 Å². The Hall–Kier alpha value is -3.11. The van der Waals surface area contributed by atoms with Gasteiger partial charge in [-0.15, -0.1) is 11.3 Å². The number of nitrogens with zero attached hydrogens (tertiary/aromatic N) is 4. The van der Waals surface area contributed by atoms with Gasteiger partial charge in [-0.2, -0.15) is 5.10 Å². The maximum absolute atomic E-state index is 13.1. The molecule has 2 N–H and O–H groups in total. The van der Waals surface area contributed by atoms with E-state index in [9.17, 15) is 9.59 Å². The van der Waals surface area contributed by atoms with Crippen LogP contribution in [0.5, 0.6) is 0 Å². The number of benzene rings is 1. The van der Waals surface area contributed by atoms with Crippen LogP contribution < -0.4 is 10.9 Å². The van der Waals surface area contributed by atoms with Crippen molar-refractivity contribution in [2.45, 2.75) is 26.4 Å². The van der Waals surface area contributed by atoms with Crippen molar-refractivity contribution in [2.75, 3.05) is 0 Å². The van der Waals surface area contributed by atoms with Crippen molar-refractivity contribution in [2.24, 2.45) is 7.05 Å². The summed E-state index contributed by atoms with van der Waals surface area (Å²) in [6, 6.07) is 8.05. The van der Waals surface area contributed by atoms with E-state index in [1.165, 1.54) is 22.2 Å². The highest BCUT2D eigenvalue weighted by molar-refractivity contribution is 7.71. The molecule has 3 heterocycles. The molecule has 30 heavy (non-hydrogen) atoms. The lowest BCUT2D eigenvalue weighted by molar-refractivity contribution is -0.121. The summed E-state index contributed by atoms with van der Waals surface area (Å²) in [5, 5.41) is 12.1. The van der Waals surface area contributed by atoms with E-state index in [4.69, 9.17) is 12.2 Å². The Morgan fingerprint density at radius 3 is 2.77 bits per heavy atom. The zero-order valence-corrected chi connectivity index (χ0v) is 18.1. The van der Waals surface area contributed by atoms with Gasteiger partial charge in [-0.3, -0.25) is 19.3 Å². The van der Waals surface area contributed by atoms with Gasteiger partial charge >= 0.3 is 0 Å². The van der Waals surface area contributed by atoms with Crippen LogP contribution in [0.4, 0.5) is 0 Å². The van der Waals surface area contributed by atoms with Gasteiger partial charge in [-0.05, 0) is 24.7 Å². The number of hydrogen-bond acceptors (Lipinski definition) is 6. The molecule has 0 saturated heterocycles. The van der Waals surface area contributed by atoms with Gasteiger partial charge < -0.3 is 9.88 Å². The van der Waals surface area contributed by atoms with Crippen molar-refractivity contribution in [1.82, 2.24) is 29.6 Å². The monoisotopic (exact) mass is 440 g/mol. The number of aromatic amines is 1. The minimum atomic E-state index is -0.181. The SMILES string of the molecule is Cc1ccc(-c2csc3ncn(CCC(=O)NCc4n[nH]c(=S)n4C)c(=O)c23)cc1. The number of carbonyl (C=O) groups excluding carboxylic acids is 1. The number of carbonyl (C=O) groups is 1. The van der Waals surface area contributed by atoms with E-state index in [1.54, 1.807) is 11.6 Å². The normalized spacial score (nSPS) is 11.1. The van der Waals surface area contributed by atoms with Crippen LogP contribution in [0.3, 0.4) is 0 Å². The zero-order valence-electron chi connectivity index (χ0n) is 16.5. The highest BCUT2D eigenvalue weighted by atomic mass is 32.1. The maximum Gasteiger partial charge on any atom is 0.262 e. The summed E-state index contributed by atoms with van der Waals surface area (Å²) in [6.07, 6.45) is 1.66. The van der Waals surface area contributed by atoms with E-state index in [1.807, 2.05) is 36.6 Å². The number of thiophene rings is 1.